The minimum Gasteiger partial charge on any atom is -0.325 e. The molecule has 2 aromatic carbocycles. The summed E-state index contributed by atoms with van der Waals surface area (Å²) in [6, 6.07) is 12.0. The zero-order valence-electron chi connectivity index (χ0n) is 18.3. The van der Waals surface area contributed by atoms with E-state index in [0.717, 1.165) is 15.4 Å². The van der Waals surface area contributed by atoms with Crippen molar-refractivity contribution in [2.24, 2.45) is 7.05 Å². The molecule has 0 unspecified atom stereocenters. The van der Waals surface area contributed by atoms with Crippen LogP contribution in [0.5, 0.6) is 0 Å². The molecule has 1 amide bonds. The number of thioether (sulfide) groups is 1. The third kappa shape index (κ3) is 4.98. The minimum absolute atomic E-state index is 0.112. The molecule has 0 spiro atoms. The van der Waals surface area contributed by atoms with Crippen molar-refractivity contribution in [2.45, 2.75) is 29.1 Å². The average Bonchev–Trinajstić information content (AvgIpc) is 3.09. The van der Waals surface area contributed by atoms with Gasteiger partial charge in [-0.3, -0.25) is 4.79 Å². The second kappa shape index (κ2) is 9.62. The van der Waals surface area contributed by atoms with Gasteiger partial charge >= 0.3 is 0 Å². The van der Waals surface area contributed by atoms with E-state index in [1.807, 2.05) is 25.2 Å². The highest BCUT2D eigenvalue weighted by Gasteiger charge is 2.22. The topological polar surface area (TPSA) is 97.2 Å². The number of nitrogens with one attached hydrogen (secondary N) is 1. The second-order valence-electron chi connectivity index (χ2n) is 7.36. The van der Waals surface area contributed by atoms with Crippen molar-refractivity contribution >= 4 is 45.0 Å². The van der Waals surface area contributed by atoms with Gasteiger partial charge in [-0.25, -0.2) is 12.7 Å². The summed E-state index contributed by atoms with van der Waals surface area (Å²) in [6.45, 7) is 3.55. The van der Waals surface area contributed by atoms with Crippen molar-refractivity contribution in [1.82, 2.24) is 19.1 Å². The van der Waals surface area contributed by atoms with E-state index in [-0.39, 0.29) is 10.8 Å². The molecule has 0 saturated carbocycles. The first-order chi connectivity index (χ1) is 15.0. The molecule has 0 aliphatic carbocycles. The summed E-state index contributed by atoms with van der Waals surface area (Å²) in [5, 5.41) is 11.9. The van der Waals surface area contributed by atoms with E-state index in [4.69, 9.17) is 11.6 Å². The van der Waals surface area contributed by atoms with E-state index >= 15 is 0 Å². The number of hydrogen-bond donors (Lipinski definition) is 1. The molecule has 1 N–H and O–H groups in total. The van der Waals surface area contributed by atoms with Crippen LogP contribution in [-0.4, -0.2) is 52.7 Å². The number of halogens is 1. The lowest BCUT2D eigenvalue weighted by molar-refractivity contribution is -0.115. The van der Waals surface area contributed by atoms with Crippen LogP contribution in [0.1, 0.15) is 12.5 Å². The Morgan fingerprint density at radius 3 is 2.53 bits per heavy atom. The summed E-state index contributed by atoms with van der Waals surface area (Å²) in [7, 11) is 1.13. The molecule has 32 heavy (non-hydrogen) atoms. The van der Waals surface area contributed by atoms with Crippen LogP contribution in [0.4, 0.5) is 5.69 Å². The number of aromatic nitrogens is 3. The highest BCUT2D eigenvalue weighted by molar-refractivity contribution is 8.00. The van der Waals surface area contributed by atoms with Crippen molar-refractivity contribution in [3.8, 4) is 11.4 Å². The zero-order valence-corrected chi connectivity index (χ0v) is 20.7. The third-order valence-electron chi connectivity index (χ3n) is 4.85. The summed E-state index contributed by atoms with van der Waals surface area (Å²) in [5.41, 5.74) is 1.95. The van der Waals surface area contributed by atoms with Crippen LogP contribution in [0.15, 0.2) is 52.5 Å². The quantitative estimate of drug-likeness (QED) is 0.502. The van der Waals surface area contributed by atoms with E-state index in [1.165, 1.54) is 38.0 Å². The molecule has 1 aromatic heterocycles. The largest absolute Gasteiger partial charge is 0.325 e. The Morgan fingerprint density at radius 1 is 1.19 bits per heavy atom. The Balaban J connectivity index is 1.78. The summed E-state index contributed by atoms with van der Waals surface area (Å²) in [5.74, 6) is 0.322. The number of hydrogen-bond acceptors (Lipinski definition) is 6. The van der Waals surface area contributed by atoms with Crippen molar-refractivity contribution in [1.29, 1.82) is 0 Å². The van der Waals surface area contributed by atoms with Gasteiger partial charge in [0.2, 0.25) is 15.9 Å². The first kappa shape index (κ1) is 24.2. The van der Waals surface area contributed by atoms with E-state index in [2.05, 4.69) is 15.5 Å². The van der Waals surface area contributed by atoms with Crippen LogP contribution >= 0.6 is 23.4 Å². The molecule has 0 bridgehead atoms. The molecular weight excluding hydrogens is 470 g/mol. The fraction of sp³-hybridized carbons (Fsp3) is 0.286. The first-order valence-electron chi connectivity index (χ1n) is 9.67. The Hall–Kier alpha value is -2.40. The van der Waals surface area contributed by atoms with Crippen LogP contribution in [0.2, 0.25) is 5.02 Å². The standard InChI is InChI=1S/C21H24ClN5O3S2/c1-13-10-11-15(32(29,30)26(3)4)12-18(13)23-20(28)14(2)31-21-25-24-19(27(21)5)16-8-6-7-9-17(16)22/h6-12,14H,1-5H3,(H,23,28)/t14-/m1/s1. The molecule has 0 aliphatic rings. The van der Waals surface area contributed by atoms with Gasteiger partial charge in [0.1, 0.15) is 0 Å². The summed E-state index contributed by atoms with van der Waals surface area (Å²) in [6.07, 6.45) is 0. The number of carbonyl (C=O) groups is 1. The van der Waals surface area contributed by atoms with Crippen LogP contribution < -0.4 is 5.32 Å². The van der Waals surface area contributed by atoms with Crippen molar-refractivity contribution < 1.29 is 13.2 Å². The molecule has 0 fully saturated rings. The molecule has 1 atom stereocenters. The van der Waals surface area contributed by atoms with Gasteiger partial charge in [0, 0.05) is 32.4 Å². The fourth-order valence-corrected chi connectivity index (χ4v) is 4.81. The predicted octanol–water partition coefficient (Wildman–Crippen LogP) is 3.81. The summed E-state index contributed by atoms with van der Waals surface area (Å²) in [4.78, 5) is 12.9. The van der Waals surface area contributed by atoms with Crippen molar-refractivity contribution in [2.75, 3.05) is 19.4 Å². The lowest BCUT2D eigenvalue weighted by Gasteiger charge is -2.16. The maximum Gasteiger partial charge on any atom is 0.242 e. The van der Waals surface area contributed by atoms with Gasteiger partial charge in [-0.15, -0.1) is 10.2 Å². The van der Waals surface area contributed by atoms with Gasteiger partial charge in [0.25, 0.3) is 0 Å². The number of sulfonamides is 1. The predicted molar refractivity (Wildman–Crippen MR) is 127 cm³/mol. The molecule has 0 saturated heterocycles. The third-order valence-corrected chi connectivity index (χ3v) is 8.12. The maximum absolute atomic E-state index is 12.8. The molecule has 0 aliphatic heterocycles. The Labute approximate surface area is 197 Å². The SMILES string of the molecule is Cc1ccc(S(=O)(=O)N(C)C)cc1NC(=O)[C@@H](C)Sc1nnc(-c2ccccc2Cl)n1C. The second-order valence-corrected chi connectivity index (χ2v) is 11.2. The number of anilines is 1. The first-order valence-corrected chi connectivity index (χ1v) is 12.4. The average molecular weight is 494 g/mol. The monoisotopic (exact) mass is 493 g/mol. The molecule has 1 heterocycles. The Bertz CT molecular complexity index is 1260. The molecule has 170 valence electrons. The van der Waals surface area contributed by atoms with Gasteiger partial charge in [-0.05, 0) is 43.7 Å². The number of aryl methyl sites for hydroxylation is 1. The molecule has 3 rings (SSSR count). The van der Waals surface area contributed by atoms with Gasteiger partial charge < -0.3 is 9.88 Å². The van der Waals surface area contributed by atoms with Crippen molar-refractivity contribution in [3.05, 3.63) is 53.1 Å². The number of carbonyl (C=O) groups excluding carboxylic acids is 1. The smallest absolute Gasteiger partial charge is 0.242 e. The van der Waals surface area contributed by atoms with Crippen LogP contribution in [0.25, 0.3) is 11.4 Å². The van der Waals surface area contributed by atoms with Gasteiger partial charge in [-0.2, -0.15) is 0 Å². The number of nitrogens with zero attached hydrogens (tertiary/aromatic N) is 4. The lowest BCUT2D eigenvalue weighted by atomic mass is 10.2. The van der Waals surface area contributed by atoms with E-state index in [0.29, 0.717) is 21.7 Å². The molecule has 8 nitrogen and oxygen atoms in total. The van der Waals surface area contributed by atoms with E-state index < -0.39 is 15.3 Å². The summed E-state index contributed by atoms with van der Waals surface area (Å²) >= 11 is 7.51. The van der Waals surface area contributed by atoms with E-state index in [1.54, 1.807) is 30.5 Å². The van der Waals surface area contributed by atoms with Crippen LogP contribution in [0, 0.1) is 6.92 Å². The molecule has 11 heteroatoms. The van der Waals surface area contributed by atoms with Crippen molar-refractivity contribution in [3.63, 3.8) is 0 Å². The minimum atomic E-state index is -3.61. The van der Waals surface area contributed by atoms with Crippen LogP contribution in [0.3, 0.4) is 0 Å². The molecule has 0 radical (unpaired) electrons. The number of benzene rings is 2. The number of rotatable bonds is 7. The van der Waals surface area contributed by atoms with Gasteiger partial charge in [-0.1, -0.05) is 41.6 Å². The van der Waals surface area contributed by atoms with Gasteiger partial charge in [0.05, 0.1) is 15.2 Å². The fourth-order valence-electron chi connectivity index (χ4n) is 2.85. The normalized spacial score (nSPS) is 12.7. The van der Waals surface area contributed by atoms with Gasteiger partial charge in [0.15, 0.2) is 11.0 Å². The van der Waals surface area contributed by atoms with E-state index in [9.17, 15) is 13.2 Å². The maximum atomic E-state index is 12.8. The van der Waals surface area contributed by atoms with Crippen LogP contribution in [-0.2, 0) is 21.9 Å². The highest BCUT2D eigenvalue weighted by atomic mass is 35.5. The summed E-state index contributed by atoms with van der Waals surface area (Å²) < 4.78 is 27.8. The Morgan fingerprint density at radius 2 is 1.88 bits per heavy atom. The number of amides is 1. The zero-order chi connectivity index (χ0) is 23.6. The Kier molecular flexibility index (Phi) is 7.29. The lowest BCUT2D eigenvalue weighted by Crippen LogP contribution is -2.25. The molecule has 3 aromatic rings. The highest BCUT2D eigenvalue weighted by Crippen LogP contribution is 2.30. The molecular formula is C21H24ClN5O3S2.